The SMILES string of the molecule is C=C(NC[C@H]1CC[C@@H](NCC(=O)NC(C)CC)CC1)c1cc(C)cc(C(F)(F)F)c1. The fourth-order valence-corrected chi connectivity index (χ4v) is 3.73. The lowest BCUT2D eigenvalue weighted by Crippen LogP contribution is -2.43. The number of hydrogen-bond acceptors (Lipinski definition) is 3. The third kappa shape index (κ3) is 7.67. The summed E-state index contributed by atoms with van der Waals surface area (Å²) < 4.78 is 39.1. The molecular formula is C23H34F3N3O. The Bertz CT molecular complexity index is 725. The van der Waals surface area contributed by atoms with E-state index < -0.39 is 11.7 Å². The average molecular weight is 426 g/mol. The van der Waals surface area contributed by atoms with Gasteiger partial charge in [-0.2, -0.15) is 13.2 Å². The molecule has 1 amide bonds. The van der Waals surface area contributed by atoms with Crippen LogP contribution < -0.4 is 16.0 Å². The van der Waals surface area contributed by atoms with E-state index in [1.807, 2.05) is 13.8 Å². The summed E-state index contributed by atoms with van der Waals surface area (Å²) >= 11 is 0. The van der Waals surface area contributed by atoms with Crippen LogP contribution in [0.15, 0.2) is 24.8 Å². The molecule has 168 valence electrons. The molecule has 0 spiro atoms. The number of benzene rings is 1. The lowest BCUT2D eigenvalue weighted by molar-refractivity contribution is -0.137. The van der Waals surface area contributed by atoms with Crippen molar-refractivity contribution in [1.82, 2.24) is 16.0 Å². The largest absolute Gasteiger partial charge is 0.416 e. The van der Waals surface area contributed by atoms with Crippen LogP contribution in [0.1, 0.15) is 62.6 Å². The van der Waals surface area contributed by atoms with Crippen LogP contribution in [0.3, 0.4) is 0 Å². The molecule has 30 heavy (non-hydrogen) atoms. The third-order valence-electron chi connectivity index (χ3n) is 5.78. The Morgan fingerprint density at radius 1 is 1.20 bits per heavy atom. The maximum Gasteiger partial charge on any atom is 0.416 e. The van der Waals surface area contributed by atoms with E-state index in [0.717, 1.165) is 44.2 Å². The molecule has 0 aliphatic heterocycles. The fourth-order valence-electron chi connectivity index (χ4n) is 3.73. The zero-order valence-electron chi connectivity index (χ0n) is 18.2. The Labute approximate surface area is 177 Å². The number of halogens is 3. The maximum absolute atomic E-state index is 13.0. The molecule has 1 aromatic rings. The summed E-state index contributed by atoms with van der Waals surface area (Å²) in [5.74, 6) is 0.474. The Morgan fingerprint density at radius 2 is 1.87 bits per heavy atom. The zero-order chi connectivity index (χ0) is 22.3. The van der Waals surface area contributed by atoms with Crippen molar-refractivity contribution in [3.8, 4) is 0 Å². The van der Waals surface area contributed by atoms with Gasteiger partial charge in [-0.25, -0.2) is 0 Å². The lowest BCUT2D eigenvalue weighted by Gasteiger charge is -2.30. The summed E-state index contributed by atoms with van der Waals surface area (Å²) in [6.45, 7) is 10.6. The second-order valence-electron chi connectivity index (χ2n) is 8.42. The Kier molecular flexibility index (Phi) is 8.77. The van der Waals surface area contributed by atoms with Crippen LogP contribution in [-0.4, -0.2) is 31.1 Å². The maximum atomic E-state index is 13.0. The first-order chi connectivity index (χ1) is 14.1. The van der Waals surface area contributed by atoms with E-state index in [4.69, 9.17) is 0 Å². The van der Waals surface area contributed by atoms with Gasteiger partial charge in [-0.1, -0.05) is 13.5 Å². The minimum absolute atomic E-state index is 0.0285. The van der Waals surface area contributed by atoms with Crippen LogP contribution in [0.4, 0.5) is 13.2 Å². The molecule has 0 radical (unpaired) electrons. The van der Waals surface area contributed by atoms with Crippen LogP contribution in [0, 0.1) is 12.8 Å². The highest BCUT2D eigenvalue weighted by Gasteiger charge is 2.31. The minimum atomic E-state index is -4.36. The molecule has 4 nitrogen and oxygen atoms in total. The second kappa shape index (κ2) is 10.8. The number of hydrogen-bond donors (Lipinski definition) is 3. The van der Waals surface area contributed by atoms with E-state index in [1.54, 1.807) is 13.0 Å². The van der Waals surface area contributed by atoms with Crippen molar-refractivity contribution in [2.75, 3.05) is 13.1 Å². The highest BCUT2D eigenvalue weighted by atomic mass is 19.4. The van der Waals surface area contributed by atoms with Crippen molar-refractivity contribution >= 4 is 11.6 Å². The molecular weight excluding hydrogens is 391 g/mol. The summed E-state index contributed by atoms with van der Waals surface area (Å²) in [4.78, 5) is 11.9. The number of nitrogens with one attached hydrogen (secondary N) is 3. The number of aryl methyl sites for hydroxylation is 1. The van der Waals surface area contributed by atoms with Gasteiger partial charge in [0.15, 0.2) is 0 Å². The highest BCUT2D eigenvalue weighted by molar-refractivity contribution is 5.78. The monoisotopic (exact) mass is 425 g/mol. The van der Waals surface area contributed by atoms with Crippen molar-refractivity contribution < 1.29 is 18.0 Å². The summed E-state index contributed by atoms with van der Waals surface area (Å²) in [5, 5.41) is 9.51. The van der Waals surface area contributed by atoms with E-state index in [1.165, 1.54) is 0 Å². The summed E-state index contributed by atoms with van der Waals surface area (Å²) in [5.41, 5.74) is 0.910. The molecule has 0 heterocycles. The van der Waals surface area contributed by atoms with E-state index >= 15 is 0 Å². The lowest BCUT2D eigenvalue weighted by atomic mass is 9.86. The van der Waals surface area contributed by atoms with Gasteiger partial charge >= 0.3 is 6.18 Å². The van der Waals surface area contributed by atoms with Gasteiger partial charge in [-0.15, -0.1) is 0 Å². The first-order valence-electron chi connectivity index (χ1n) is 10.7. The first-order valence-corrected chi connectivity index (χ1v) is 10.7. The van der Waals surface area contributed by atoms with Gasteiger partial charge in [-0.05, 0) is 81.2 Å². The molecule has 1 unspecified atom stereocenters. The Morgan fingerprint density at radius 3 is 2.47 bits per heavy atom. The normalized spacial score (nSPS) is 20.5. The standard InChI is InChI=1S/C23H34F3N3O/c1-5-16(3)29-22(30)14-28-21-8-6-18(7-9-21)13-27-17(4)19-10-15(2)11-20(12-19)23(24,25)26/h10-12,16,18,21,27-28H,4-9,13-14H2,1-3H3,(H,29,30)/t16?,18-,21+. The van der Waals surface area contributed by atoms with Gasteiger partial charge < -0.3 is 16.0 Å². The van der Waals surface area contributed by atoms with Gasteiger partial charge in [0.1, 0.15) is 0 Å². The van der Waals surface area contributed by atoms with Crippen molar-refractivity contribution in [2.24, 2.45) is 5.92 Å². The van der Waals surface area contributed by atoms with E-state index in [0.29, 0.717) is 41.9 Å². The number of carbonyl (C=O) groups is 1. The predicted octanol–water partition coefficient (Wildman–Crippen LogP) is 4.64. The van der Waals surface area contributed by atoms with Crippen molar-refractivity contribution in [1.29, 1.82) is 0 Å². The van der Waals surface area contributed by atoms with Gasteiger partial charge in [0.05, 0.1) is 12.1 Å². The predicted molar refractivity (Wildman–Crippen MR) is 115 cm³/mol. The quantitative estimate of drug-likeness (QED) is 0.540. The first kappa shape index (κ1) is 24.3. The second-order valence-corrected chi connectivity index (χ2v) is 8.42. The van der Waals surface area contributed by atoms with Gasteiger partial charge in [0.25, 0.3) is 0 Å². The van der Waals surface area contributed by atoms with Gasteiger partial charge in [-0.3, -0.25) is 4.79 Å². The molecule has 1 aromatic carbocycles. The van der Waals surface area contributed by atoms with E-state index in [9.17, 15) is 18.0 Å². The van der Waals surface area contributed by atoms with Crippen molar-refractivity contribution in [3.05, 3.63) is 41.5 Å². The number of alkyl halides is 3. The molecule has 1 saturated carbocycles. The van der Waals surface area contributed by atoms with Crippen LogP contribution in [0.2, 0.25) is 0 Å². The smallest absolute Gasteiger partial charge is 0.385 e. The topological polar surface area (TPSA) is 53.2 Å². The van der Waals surface area contributed by atoms with Crippen molar-refractivity contribution in [2.45, 2.75) is 71.1 Å². The van der Waals surface area contributed by atoms with Crippen LogP contribution in [0.25, 0.3) is 5.70 Å². The summed E-state index contributed by atoms with van der Waals surface area (Å²) in [6, 6.07) is 4.53. The summed E-state index contributed by atoms with van der Waals surface area (Å²) in [6.07, 6.45) is 0.530. The number of rotatable bonds is 9. The molecule has 3 N–H and O–H groups in total. The number of amides is 1. The molecule has 1 fully saturated rings. The molecule has 1 aliphatic rings. The molecule has 2 rings (SSSR count). The molecule has 1 aliphatic carbocycles. The van der Waals surface area contributed by atoms with Crippen LogP contribution in [-0.2, 0) is 11.0 Å². The highest BCUT2D eigenvalue weighted by Crippen LogP contribution is 2.32. The third-order valence-corrected chi connectivity index (χ3v) is 5.78. The zero-order valence-corrected chi connectivity index (χ0v) is 18.2. The van der Waals surface area contributed by atoms with E-state index in [2.05, 4.69) is 22.5 Å². The van der Waals surface area contributed by atoms with Gasteiger partial charge in [0.2, 0.25) is 5.91 Å². The van der Waals surface area contributed by atoms with E-state index in [-0.39, 0.29) is 11.9 Å². The average Bonchev–Trinajstić information content (AvgIpc) is 2.70. The Balaban J connectivity index is 1.75. The summed E-state index contributed by atoms with van der Waals surface area (Å²) in [7, 11) is 0. The molecule has 1 atom stereocenters. The molecule has 0 aromatic heterocycles. The van der Waals surface area contributed by atoms with Gasteiger partial charge in [0, 0.05) is 24.3 Å². The van der Waals surface area contributed by atoms with Crippen LogP contribution in [0.5, 0.6) is 0 Å². The molecule has 0 saturated heterocycles. The van der Waals surface area contributed by atoms with Crippen LogP contribution >= 0.6 is 0 Å². The minimum Gasteiger partial charge on any atom is -0.385 e. The molecule has 7 heteroatoms. The Hall–Kier alpha value is -2.02. The number of carbonyl (C=O) groups excluding carboxylic acids is 1. The fraction of sp³-hybridized carbons (Fsp3) is 0.609. The molecule has 0 bridgehead atoms. The van der Waals surface area contributed by atoms with Crippen molar-refractivity contribution in [3.63, 3.8) is 0 Å².